The van der Waals surface area contributed by atoms with E-state index in [1.807, 2.05) is 30.3 Å². The number of benzene rings is 3. The first kappa shape index (κ1) is 39.6. The molecule has 0 atom stereocenters. The zero-order valence-corrected chi connectivity index (χ0v) is 32.3. The van der Waals surface area contributed by atoms with Crippen LogP contribution in [0.5, 0.6) is 0 Å². The van der Waals surface area contributed by atoms with Gasteiger partial charge in [0.05, 0.1) is 26.2 Å². The SMILES string of the molecule is COCN(Sc1cc(F)ccc1F)c1cccc(-c2nc(C3CCN(C(=O)OCc4ccccc4)CC3)sc2-c2ccnc(NC(=O)OC(C)(C)C)c2)c1F. The van der Waals surface area contributed by atoms with E-state index in [0.717, 1.165) is 40.7 Å². The van der Waals surface area contributed by atoms with E-state index in [0.29, 0.717) is 42.1 Å². The molecule has 1 aliphatic heterocycles. The van der Waals surface area contributed by atoms with Crippen LogP contribution in [0.3, 0.4) is 0 Å². The number of hydrogen-bond donors (Lipinski definition) is 1. The number of pyridine rings is 1. The van der Waals surface area contributed by atoms with Crippen molar-refractivity contribution >= 4 is 47.0 Å². The molecule has 288 valence electrons. The van der Waals surface area contributed by atoms with Gasteiger partial charge in [0, 0.05) is 37.9 Å². The van der Waals surface area contributed by atoms with Gasteiger partial charge in [-0.25, -0.2) is 32.7 Å². The number of anilines is 2. The third-order valence-electron chi connectivity index (χ3n) is 8.45. The highest BCUT2D eigenvalue weighted by molar-refractivity contribution is 8.00. The zero-order valence-electron chi connectivity index (χ0n) is 30.7. The number of nitrogens with one attached hydrogen (secondary N) is 1. The maximum Gasteiger partial charge on any atom is 0.413 e. The fraction of sp³-hybridized carbons (Fsp3) is 0.300. The van der Waals surface area contributed by atoms with E-state index < -0.39 is 29.1 Å². The Hall–Kier alpha value is -5.12. The van der Waals surface area contributed by atoms with Crippen LogP contribution in [0.1, 0.15) is 50.1 Å². The Kier molecular flexibility index (Phi) is 12.6. The molecule has 3 heterocycles. The van der Waals surface area contributed by atoms with Gasteiger partial charge in [0.2, 0.25) is 0 Å². The summed E-state index contributed by atoms with van der Waals surface area (Å²) in [6, 6.07) is 20.7. The summed E-state index contributed by atoms with van der Waals surface area (Å²) in [6.45, 7) is 6.19. The highest BCUT2D eigenvalue weighted by Gasteiger charge is 2.30. The van der Waals surface area contributed by atoms with Gasteiger partial charge in [0.25, 0.3) is 0 Å². The number of halogens is 3. The van der Waals surface area contributed by atoms with Crippen LogP contribution in [0.15, 0.2) is 90.0 Å². The Morgan fingerprint density at radius 1 is 1.00 bits per heavy atom. The predicted molar refractivity (Wildman–Crippen MR) is 207 cm³/mol. The van der Waals surface area contributed by atoms with Crippen molar-refractivity contribution in [1.29, 1.82) is 0 Å². The van der Waals surface area contributed by atoms with E-state index in [-0.39, 0.29) is 47.3 Å². The second-order valence-corrected chi connectivity index (χ2v) is 15.8. The summed E-state index contributed by atoms with van der Waals surface area (Å²) in [7, 11) is 1.42. The van der Waals surface area contributed by atoms with Gasteiger partial charge in [0.15, 0.2) is 5.82 Å². The largest absolute Gasteiger partial charge is 0.445 e. The maximum absolute atomic E-state index is 16.8. The van der Waals surface area contributed by atoms with E-state index in [1.54, 1.807) is 49.9 Å². The summed E-state index contributed by atoms with van der Waals surface area (Å²) in [5.74, 6) is -1.77. The van der Waals surface area contributed by atoms with Crippen LogP contribution >= 0.6 is 23.3 Å². The fourth-order valence-corrected chi connectivity index (χ4v) is 8.08. The number of likely N-dealkylation sites (tertiary alicyclic amines) is 1. The monoisotopic (exact) mass is 791 g/mol. The van der Waals surface area contributed by atoms with Crippen LogP contribution in [0.2, 0.25) is 0 Å². The molecule has 6 rings (SSSR count). The third-order valence-corrected chi connectivity index (χ3v) is 10.8. The maximum atomic E-state index is 16.8. The van der Waals surface area contributed by atoms with Crippen molar-refractivity contribution in [3.8, 4) is 21.7 Å². The first-order chi connectivity index (χ1) is 26.4. The molecule has 0 radical (unpaired) electrons. The van der Waals surface area contributed by atoms with Gasteiger partial charge in [-0.2, -0.15) is 0 Å². The number of rotatable bonds is 11. The minimum atomic E-state index is -0.729. The molecule has 1 aliphatic rings. The van der Waals surface area contributed by atoms with Crippen LogP contribution in [0.25, 0.3) is 21.7 Å². The number of carbonyl (C=O) groups is 2. The minimum absolute atomic E-state index is 0.0420. The summed E-state index contributed by atoms with van der Waals surface area (Å²) in [6.07, 6.45) is 1.67. The number of amides is 2. The number of hydrogen-bond acceptors (Lipinski definition) is 10. The number of carbonyl (C=O) groups excluding carboxylic acids is 2. The molecule has 3 aromatic carbocycles. The summed E-state index contributed by atoms with van der Waals surface area (Å²) in [4.78, 5) is 37.1. The molecular formula is C40H40F3N5O5S2. The Balaban J connectivity index is 1.32. The average Bonchev–Trinajstić information content (AvgIpc) is 3.60. The van der Waals surface area contributed by atoms with E-state index >= 15 is 4.39 Å². The van der Waals surface area contributed by atoms with Gasteiger partial charge in [-0.1, -0.05) is 36.4 Å². The molecule has 0 spiro atoms. The molecule has 0 saturated carbocycles. The highest BCUT2D eigenvalue weighted by atomic mass is 32.2. The lowest BCUT2D eigenvalue weighted by molar-refractivity contribution is 0.0635. The topological polar surface area (TPSA) is 106 Å². The van der Waals surface area contributed by atoms with Crippen LogP contribution < -0.4 is 9.62 Å². The van der Waals surface area contributed by atoms with E-state index in [1.165, 1.54) is 35.0 Å². The van der Waals surface area contributed by atoms with Crippen molar-refractivity contribution in [2.24, 2.45) is 0 Å². The Labute approximate surface area is 325 Å². The smallest absolute Gasteiger partial charge is 0.413 e. The fourth-order valence-electron chi connectivity index (χ4n) is 5.88. The molecule has 5 aromatic rings. The molecule has 55 heavy (non-hydrogen) atoms. The van der Waals surface area contributed by atoms with Crippen molar-refractivity contribution in [3.63, 3.8) is 0 Å². The second-order valence-electron chi connectivity index (χ2n) is 13.7. The number of thiazole rings is 1. The van der Waals surface area contributed by atoms with Crippen molar-refractivity contribution in [2.45, 2.75) is 56.6 Å². The van der Waals surface area contributed by atoms with Crippen molar-refractivity contribution in [2.75, 3.05) is 36.6 Å². The van der Waals surface area contributed by atoms with Gasteiger partial charge in [-0.15, -0.1) is 11.3 Å². The van der Waals surface area contributed by atoms with Crippen LogP contribution in [-0.2, 0) is 20.8 Å². The highest BCUT2D eigenvalue weighted by Crippen LogP contribution is 2.44. The van der Waals surface area contributed by atoms with Gasteiger partial charge in [-0.05, 0) is 99.2 Å². The summed E-state index contributed by atoms with van der Waals surface area (Å²) >= 11 is 2.19. The van der Waals surface area contributed by atoms with Gasteiger partial charge < -0.3 is 19.1 Å². The summed E-state index contributed by atoms with van der Waals surface area (Å²) in [5.41, 5.74) is 1.37. The molecular weight excluding hydrogens is 752 g/mol. The number of piperidine rings is 1. The summed E-state index contributed by atoms with van der Waals surface area (Å²) in [5, 5.41) is 3.41. The molecule has 10 nitrogen and oxygen atoms in total. The van der Waals surface area contributed by atoms with Gasteiger partial charge >= 0.3 is 12.2 Å². The Morgan fingerprint density at radius 2 is 1.76 bits per heavy atom. The lowest BCUT2D eigenvalue weighted by atomic mass is 9.97. The van der Waals surface area contributed by atoms with Crippen molar-refractivity contribution in [1.82, 2.24) is 14.9 Å². The first-order valence-corrected chi connectivity index (χ1v) is 19.1. The van der Waals surface area contributed by atoms with Gasteiger partial charge in [-0.3, -0.25) is 9.62 Å². The second kappa shape index (κ2) is 17.6. The molecule has 2 amide bonds. The third kappa shape index (κ3) is 10.1. The number of ether oxygens (including phenoxy) is 3. The molecule has 0 unspecified atom stereocenters. The van der Waals surface area contributed by atoms with E-state index in [9.17, 15) is 18.4 Å². The molecule has 1 fully saturated rings. The van der Waals surface area contributed by atoms with Crippen molar-refractivity contribution in [3.05, 3.63) is 113 Å². The Bertz CT molecular complexity index is 2120. The first-order valence-electron chi connectivity index (χ1n) is 17.5. The normalized spacial score (nSPS) is 13.4. The van der Waals surface area contributed by atoms with Gasteiger partial charge in [0.1, 0.15) is 36.4 Å². The summed E-state index contributed by atoms with van der Waals surface area (Å²) < 4.78 is 63.3. The lowest BCUT2D eigenvalue weighted by Crippen LogP contribution is -2.38. The van der Waals surface area contributed by atoms with E-state index in [4.69, 9.17) is 19.2 Å². The minimum Gasteiger partial charge on any atom is -0.445 e. The molecule has 0 aliphatic carbocycles. The molecule has 15 heteroatoms. The van der Waals surface area contributed by atoms with Crippen LogP contribution in [0.4, 0.5) is 34.3 Å². The molecule has 1 N–H and O–H groups in total. The van der Waals surface area contributed by atoms with Crippen LogP contribution in [-0.4, -0.2) is 59.6 Å². The Morgan fingerprint density at radius 3 is 2.49 bits per heavy atom. The number of methoxy groups -OCH3 is 1. The number of aromatic nitrogens is 2. The zero-order chi connectivity index (χ0) is 39.1. The lowest BCUT2D eigenvalue weighted by Gasteiger charge is -2.30. The van der Waals surface area contributed by atoms with Crippen LogP contribution in [0, 0.1) is 17.5 Å². The number of nitrogens with zero attached hydrogens (tertiary/aromatic N) is 4. The van der Waals surface area contributed by atoms with E-state index in [2.05, 4.69) is 10.3 Å². The molecule has 0 bridgehead atoms. The molecule has 2 aromatic heterocycles. The average molecular weight is 792 g/mol. The predicted octanol–water partition coefficient (Wildman–Crippen LogP) is 10.3. The molecule has 1 saturated heterocycles. The quantitative estimate of drug-likeness (QED) is 0.103. The van der Waals surface area contributed by atoms with Crippen molar-refractivity contribution < 1.29 is 37.0 Å². The standard InChI is InChI=1S/C40H40F3N5O5S2/c1-40(2,3)53-38(49)45-33-21-27(15-18-44-33)36-35(29-11-8-12-31(34(29)43)48(24-51-4)55-32-22-28(41)13-14-30(32)42)46-37(54-36)26-16-19-47(20-17-26)39(50)52-23-25-9-6-5-7-10-25/h5-15,18,21-22,26H,16-17,19-20,23-24H2,1-4H3,(H,44,45,49).